The lowest BCUT2D eigenvalue weighted by atomic mass is 10.1. The van der Waals surface area contributed by atoms with Crippen LogP contribution in [0.5, 0.6) is 0 Å². The van der Waals surface area contributed by atoms with Crippen molar-refractivity contribution < 1.29 is 5.11 Å². The Hall–Kier alpha value is -0.540. The molecule has 1 unspecified atom stereocenters. The predicted molar refractivity (Wildman–Crippen MR) is 89.2 cm³/mol. The molecule has 0 heterocycles. The van der Waals surface area contributed by atoms with E-state index < -0.39 is 6.10 Å². The molecule has 3 heteroatoms. The van der Waals surface area contributed by atoms with Crippen LogP contribution >= 0.6 is 15.9 Å². The lowest BCUT2D eigenvalue weighted by Crippen LogP contribution is -2.36. The van der Waals surface area contributed by atoms with Crippen LogP contribution in [0.3, 0.4) is 0 Å². The van der Waals surface area contributed by atoms with Crippen LogP contribution in [0.1, 0.15) is 58.1 Å². The van der Waals surface area contributed by atoms with Gasteiger partial charge in [0.15, 0.2) is 0 Å². The largest absolute Gasteiger partial charge is 0.389 e. The van der Waals surface area contributed by atoms with Crippen molar-refractivity contribution in [3.05, 3.63) is 28.2 Å². The Morgan fingerprint density at radius 1 is 1.25 bits per heavy atom. The monoisotopic (exact) mass is 339 g/mol. The molecule has 0 spiro atoms. The van der Waals surface area contributed by atoms with Crippen LogP contribution in [0.15, 0.2) is 22.7 Å². The zero-order valence-electron chi connectivity index (χ0n) is 12.8. The number of nitrogens with zero attached hydrogens (tertiary/aromatic N) is 1. The van der Waals surface area contributed by atoms with Crippen molar-refractivity contribution in [3.63, 3.8) is 0 Å². The third-order valence-electron chi connectivity index (χ3n) is 4.09. The zero-order valence-corrected chi connectivity index (χ0v) is 14.4. The van der Waals surface area contributed by atoms with E-state index in [2.05, 4.69) is 46.8 Å². The van der Waals surface area contributed by atoms with E-state index in [1.165, 1.54) is 31.4 Å². The van der Waals surface area contributed by atoms with Crippen LogP contribution in [0, 0.1) is 5.92 Å². The van der Waals surface area contributed by atoms with Gasteiger partial charge in [-0.15, -0.1) is 0 Å². The lowest BCUT2D eigenvalue weighted by Gasteiger charge is -2.34. The van der Waals surface area contributed by atoms with Crippen molar-refractivity contribution >= 4 is 21.6 Å². The van der Waals surface area contributed by atoms with Crippen LogP contribution in [0.25, 0.3) is 0 Å². The second kappa shape index (κ2) is 6.95. The molecule has 0 radical (unpaired) electrons. The van der Waals surface area contributed by atoms with Crippen molar-refractivity contribution in [2.24, 2.45) is 5.92 Å². The molecule has 0 saturated heterocycles. The number of benzene rings is 1. The maximum absolute atomic E-state index is 9.70. The lowest BCUT2D eigenvalue weighted by molar-refractivity contribution is 0.199. The van der Waals surface area contributed by atoms with Gasteiger partial charge in [-0.1, -0.05) is 32.8 Å². The van der Waals surface area contributed by atoms with Crippen molar-refractivity contribution in [2.75, 3.05) is 11.4 Å². The highest BCUT2D eigenvalue weighted by atomic mass is 79.9. The Kier molecular flexibility index (Phi) is 5.50. The average molecular weight is 340 g/mol. The van der Waals surface area contributed by atoms with E-state index in [9.17, 15) is 5.11 Å². The van der Waals surface area contributed by atoms with Gasteiger partial charge in [-0.25, -0.2) is 0 Å². The first kappa shape index (κ1) is 15.8. The Morgan fingerprint density at radius 2 is 1.90 bits per heavy atom. The summed E-state index contributed by atoms with van der Waals surface area (Å²) in [4.78, 5) is 2.56. The molecule has 1 aromatic carbocycles. The summed E-state index contributed by atoms with van der Waals surface area (Å²) in [5.41, 5.74) is 2.24. The Bertz CT molecular complexity index is 439. The molecule has 1 N–H and O–H groups in total. The molecule has 1 atom stereocenters. The molecule has 1 aromatic rings. The molecular weight excluding hydrogens is 314 g/mol. The smallest absolute Gasteiger partial charge is 0.0762 e. The summed E-state index contributed by atoms with van der Waals surface area (Å²) in [5.74, 6) is 0.652. The number of hydrogen-bond acceptors (Lipinski definition) is 2. The van der Waals surface area contributed by atoms with Gasteiger partial charge in [0, 0.05) is 17.1 Å². The first-order valence-corrected chi connectivity index (χ1v) is 8.52. The van der Waals surface area contributed by atoms with Gasteiger partial charge in [0.1, 0.15) is 0 Å². The molecule has 0 amide bonds. The highest BCUT2D eigenvalue weighted by Gasteiger charge is 2.25. The number of anilines is 1. The minimum absolute atomic E-state index is 0.412. The predicted octanol–water partition coefficient (Wildman–Crippen LogP) is 4.91. The molecule has 1 aliphatic rings. The quantitative estimate of drug-likeness (QED) is 0.823. The molecule has 0 bridgehead atoms. The fourth-order valence-corrected chi connectivity index (χ4v) is 3.69. The summed E-state index contributed by atoms with van der Waals surface area (Å²) in [6, 6.07) is 6.94. The summed E-state index contributed by atoms with van der Waals surface area (Å²) >= 11 is 3.70. The fraction of sp³-hybridized carbons (Fsp3) is 0.647. The normalized spacial score (nSPS) is 17.7. The SMILES string of the molecule is CC(C)CN(c1ccc(C(C)O)cc1Br)C1CCCC1. The highest BCUT2D eigenvalue weighted by Crippen LogP contribution is 2.35. The van der Waals surface area contributed by atoms with Crippen LogP contribution in [-0.4, -0.2) is 17.7 Å². The van der Waals surface area contributed by atoms with Gasteiger partial charge in [0.05, 0.1) is 11.8 Å². The van der Waals surface area contributed by atoms with Crippen molar-refractivity contribution in [1.29, 1.82) is 0 Å². The van der Waals surface area contributed by atoms with E-state index in [1.54, 1.807) is 0 Å². The van der Waals surface area contributed by atoms with Gasteiger partial charge in [-0.2, -0.15) is 0 Å². The Balaban J connectivity index is 2.27. The minimum atomic E-state index is -0.412. The summed E-state index contributed by atoms with van der Waals surface area (Å²) in [6.45, 7) is 7.46. The number of halogens is 1. The molecule has 1 saturated carbocycles. The molecule has 0 aliphatic heterocycles. The summed E-state index contributed by atoms with van der Waals surface area (Å²) in [6.07, 6.45) is 4.89. The maximum atomic E-state index is 9.70. The molecular formula is C17H26BrNO. The van der Waals surface area contributed by atoms with Crippen LogP contribution in [-0.2, 0) is 0 Å². The minimum Gasteiger partial charge on any atom is -0.389 e. The van der Waals surface area contributed by atoms with Gasteiger partial charge in [0.25, 0.3) is 0 Å². The molecule has 1 fully saturated rings. The maximum Gasteiger partial charge on any atom is 0.0762 e. The Labute approximate surface area is 131 Å². The second-order valence-corrected chi connectivity index (χ2v) is 7.23. The van der Waals surface area contributed by atoms with E-state index in [4.69, 9.17) is 0 Å². The van der Waals surface area contributed by atoms with Crippen molar-refractivity contribution in [3.8, 4) is 0 Å². The zero-order chi connectivity index (χ0) is 14.7. The highest BCUT2D eigenvalue weighted by molar-refractivity contribution is 9.10. The molecule has 20 heavy (non-hydrogen) atoms. The van der Waals surface area contributed by atoms with Crippen molar-refractivity contribution in [2.45, 2.75) is 58.6 Å². The first-order valence-electron chi connectivity index (χ1n) is 7.73. The summed E-state index contributed by atoms with van der Waals surface area (Å²) in [5, 5.41) is 9.70. The third kappa shape index (κ3) is 3.76. The fourth-order valence-electron chi connectivity index (χ4n) is 3.07. The molecule has 1 aliphatic carbocycles. The molecule has 112 valence electrons. The van der Waals surface area contributed by atoms with Crippen molar-refractivity contribution in [1.82, 2.24) is 0 Å². The van der Waals surface area contributed by atoms with Crippen LogP contribution < -0.4 is 4.90 Å². The number of aliphatic hydroxyl groups excluding tert-OH is 1. The first-order chi connectivity index (χ1) is 9.49. The van der Waals surface area contributed by atoms with E-state index in [-0.39, 0.29) is 0 Å². The van der Waals surface area contributed by atoms with Crippen LogP contribution in [0.4, 0.5) is 5.69 Å². The van der Waals surface area contributed by atoms with Gasteiger partial charge in [0.2, 0.25) is 0 Å². The average Bonchev–Trinajstić information content (AvgIpc) is 2.89. The van der Waals surface area contributed by atoms with E-state index in [0.29, 0.717) is 12.0 Å². The number of rotatable bonds is 5. The third-order valence-corrected chi connectivity index (χ3v) is 4.73. The topological polar surface area (TPSA) is 23.5 Å². The summed E-state index contributed by atoms with van der Waals surface area (Å²) < 4.78 is 1.10. The van der Waals surface area contributed by atoms with Gasteiger partial charge in [-0.3, -0.25) is 0 Å². The second-order valence-electron chi connectivity index (χ2n) is 6.37. The number of hydrogen-bond donors (Lipinski definition) is 1. The van der Waals surface area contributed by atoms with Gasteiger partial charge < -0.3 is 10.0 Å². The standard InChI is InChI=1S/C17H26BrNO/c1-12(2)11-19(15-6-4-5-7-15)17-9-8-14(13(3)20)10-16(17)18/h8-10,12-13,15,20H,4-7,11H2,1-3H3. The summed E-state index contributed by atoms with van der Waals surface area (Å²) in [7, 11) is 0. The molecule has 0 aromatic heterocycles. The van der Waals surface area contributed by atoms with Gasteiger partial charge >= 0.3 is 0 Å². The van der Waals surface area contributed by atoms with Gasteiger partial charge in [-0.05, 0) is 59.3 Å². The molecule has 2 nitrogen and oxygen atoms in total. The van der Waals surface area contributed by atoms with E-state index in [0.717, 1.165) is 16.6 Å². The van der Waals surface area contributed by atoms with E-state index in [1.807, 2.05) is 13.0 Å². The van der Waals surface area contributed by atoms with Crippen LogP contribution in [0.2, 0.25) is 0 Å². The molecule has 2 rings (SSSR count). The Morgan fingerprint density at radius 3 is 2.40 bits per heavy atom. The van der Waals surface area contributed by atoms with E-state index >= 15 is 0 Å². The number of aliphatic hydroxyl groups is 1.